The number of likely N-dealkylation sites (N-methyl/N-ethyl adjacent to an activating group) is 1. The summed E-state index contributed by atoms with van der Waals surface area (Å²) >= 11 is 0. The number of nitrogens with zero attached hydrogens (tertiary/aromatic N) is 3. The monoisotopic (exact) mass is 297 g/mol. The van der Waals surface area contributed by atoms with Crippen molar-refractivity contribution in [2.24, 2.45) is 10.9 Å². The van der Waals surface area contributed by atoms with Crippen molar-refractivity contribution in [1.29, 1.82) is 0 Å². The van der Waals surface area contributed by atoms with Gasteiger partial charge in [0.05, 0.1) is 6.54 Å². The van der Waals surface area contributed by atoms with Crippen LogP contribution in [0.2, 0.25) is 0 Å². The third kappa shape index (κ3) is 6.66. The largest absolute Gasteiger partial charge is 0.357 e. The fourth-order valence-electron chi connectivity index (χ4n) is 2.67. The third-order valence-corrected chi connectivity index (χ3v) is 4.10. The van der Waals surface area contributed by atoms with Crippen LogP contribution in [0, 0.1) is 5.92 Å². The van der Waals surface area contributed by atoms with Gasteiger partial charge in [-0.05, 0) is 26.3 Å². The van der Waals surface area contributed by atoms with Gasteiger partial charge >= 0.3 is 0 Å². The third-order valence-electron chi connectivity index (χ3n) is 4.10. The zero-order valence-electron chi connectivity index (χ0n) is 14.7. The van der Waals surface area contributed by atoms with Gasteiger partial charge in [0.1, 0.15) is 0 Å². The maximum atomic E-state index is 4.81. The molecule has 0 aromatic rings. The Hall–Kier alpha value is -0.810. The Labute approximate surface area is 131 Å². The van der Waals surface area contributed by atoms with E-state index in [0.29, 0.717) is 12.0 Å². The number of hydrogen-bond donors (Lipinski definition) is 2. The fourth-order valence-corrected chi connectivity index (χ4v) is 2.67. The van der Waals surface area contributed by atoms with E-state index < -0.39 is 0 Å². The predicted octanol–water partition coefficient (Wildman–Crippen LogP) is 1.22. The summed E-state index contributed by atoms with van der Waals surface area (Å²) in [5, 5.41) is 6.72. The zero-order chi connectivity index (χ0) is 15.7. The molecule has 1 aliphatic rings. The highest BCUT2D eigenvalue weighted by atomic mass is 15.3. The molecule has 0 spiro atoms. The van der Waals surface area contributed by atoms with Crippen molar-refractivity contribution < 1.29 is 0 Å². The molecule has 1 unspecified atom stereocenters. The van der Waals surface area contributed by atoms with Gasteiger partial charge in [0.25, 0.3) is 0 Å². The number of hydrogen-bond acceptors (Lipinski definition) is 3. The van der Waals surface area contributed by atoms with Crippen LogP contribution in [0.25, 0.3) is 0 Å². The lowest BCUT2D eigenvalue weighted by Gasteiger charge is -2.39. The van der Waals surface area contributed by atoms with Crippen molar-refractivity contribution in [1.82, 2.24) is 20.4 Å². The first-order chi connectivity index (χ1) is 10.1. The molecule has 0 aromatic heterocycles. The molecule has 0 bridgehead atoms. The van der Waals surface area contributed by atoms with Crippen LogP contribution in [0.3, 0.4) is 0 Å². The Bertz CT molecular complexity index is 295. The molecule has 1 saturated heterocycles. The molecule has 1 atom stereocenters. The van der Waals surface area contributed by atoms with Gasteiger partial charge in [-0.1, -0.05) is 20.8 Å². The van der Waals surface area contributed by atoms with Crippen LogP contribution in [0.5, 0.6) is 0 Å². The van der Waals surface area contributed by atoms with E-state index in [9.17, 15) is 0 Å². The molecule has 1 heterocycles. The second-order valence-electron chi connectivity index (χ2n) is 6.30. The minimum absolute atomic E-state index is 0.538. The summed E-state index contributed by atoms with van der Waals surface area (Å²) in [4.78, 5) is 9.82. The molecule has 1 fully saturated rings. The van der Waals surface area contributed by atoms with Crippen molar-refractivity contribution >= 4 is 5.96 Å². The smallest absolute Gasteiger partial charge is 0.191 e. The second-order valence-corrected chi connectivity index (χ2v) is 6.30. The van der Waals surface area contributed by atoms with Gasteiger partial charge in [0, 0.05) is 45.3 Å². The van der Waals surface area contributed by atoms with Crippen LogP contribution >= 0.6 is 0 Å². The van der Waals surface area contributed by atoms with E-state index in [4.69, 9.17) is 4.99 Å². The first-order valence-electron chi connectivity index (χ1n) is 8.53. The van der Waals surface area contributed by atoms with Crippen molar-refractivity contribution in [3.8, 4) is 0 Å². The molecule has 0 aromatic carbocycles. The van der Waals surface area contributed by atoms with Gasteiger partial charge in [-0.15, -0.1) is 0 Å². The average Bonchev–Trinajstić information content (AvgIpc) is 2.46. The standard InChI is InChI=1S/C16H35N5/c1-6-8-18-16(17-7-2)19-13-15(14(3)4)21-11-9-20(5)10-12-21/h14-15H,6-13H2,1-5H3,(H2,17,18,19). The van der Waals surface area contributed by atoms with Crippen molar-refractivity contribution in [2.45, 2.75) is 40.2 Å². The fraction of sp³-hybridized carbons (Fsp3) is 0.938. The van der Waals surface area contributed by atoms with Crippen molar-refractivity contribution in [3.05, 3.63) is 0 Å². The molecule has 0 radical (unpaired) electrons. The highest BCUT2D eigenvalue weighted by Crippen LogP contribution is 2.13. The molecule has 2 N–H and O–H groups in total. The SMILES string of the molecule is CCCNC(=NCC(C(C)C)N1CCN(C)CC1)NCC. The molecule has 5 heteroatoms. The first-order valence-corrected chi connectivity index (χ1v) is 8.53. The van der Waals surface area contributed by atoms with E-state index >= 15 is 0 Å². The zero-order valence-corrected chi connectivity index (χ0v) is 14.7. The number of nitrogens with one attached hydrogen (secondary N) is 2. The summed E-state index contributed by atoms with van der Waals surface area (Å²) in [6.07, 6.45) is 1.12. The summed E-state index contributed by atoms with van der Waals surface area (Å²) in [7, 11) is 2.21. The number of rotatable bonds is 7. The van der Waals surface area contributed by atoms with Crippen LogP contribution in [0.1, 0.15) is 34.1 Å². The summed E-state index contributed by atoms with van der Waals surface area (Å²) in [5.41, 5.74) is 0. The number of guanidine groups is 1. The molecular formula is C16H35N5. The molecule has 0 amide bonds. The van der Waals surface area contributed by atoms with Crippen LogP contribution in [-0.4, -0.2) is 74.7 Å². The predicted molar refractivity (Wildman–Crippen MR) is 92.0 cm³/mol. The highest BCUT2D eigenvalue weighted by molar-refractivity contribution is 5.79. The van der Waals surface area contributed by atoms with Crippen LogP contribution in [0.4, 0.5) is 0 Å². The Kier molecular flexibility index (Phi) is 8.69. The molecular weight excluding hydrogens is 262 g/mol. The Balaban J connectivity index is 2.59. The average molecular weight is 297 g/mol. The van der Waals surface area contributed by atoms with Gasteiger partial charge in [0.15, 0.2) is 5.96 Å². The minimum atomic E-state index is 0.538. The molecule has 124 valence electrons. The summed E-state index contributed by atoms with van der Waals surface area (Å²) in [6, 6.07) is 0.538. The topological polar surface area (TPSA) is 42.9 Å². The molecule has 1 rings (SSSR count). The van der Waals surface area contributed by atoms with Gasteiger partial charge in [-0.25, -0.2) is 0 Å². The van der Waals surface area contributed by atoms with E-state index in [1.54, 1.807) is 0 Å². The molecule has 0 saturated carbocycles. The van der Waals surface area contributed by atoms with Crippen molar-refractivity contribution in [2.75, 3.05) is 52.9 Å². The highest BCUT2D eigenvalue weighted by Gasteiger charge is 2.24. The Morgan fingerprint density at radius 3 is 2.29 bits per heavy atom. The summed E-state index contributed by atoms with van der Waals surface area (Å²) in [5.74, 6) is 1.59. The van der Waals surface area contributed by atoms with Crippen LogP contribution in [0.15, 0.2) is 4.99 Å². The molecule has 5 nitrogen and oxygen atoms in total. The number of piperazine rings is 1. The van der Waals surface area contributed by atoms with Crippen molar-refractivity contribution in [3.63, 3.8) is 0 Å². The Morgan fingerprint density at radius 2 is 1.76 bits per heavy atom. The lowest BCUT2D eigenvalue weighted by Crippen LogP contribution is -2.52. The van der Waals surface area contributed by atoms with E-state index in [1.165, 1.54) is 13.1 Å². The Morgan fingerprint density at radius 1 is 1.10 bits per heavy atom. The quantitative estimate of drug-likeness (QED) is 0.548. The normalized spacial score (nSPS) is 19.8. The minimum Gasteiger partial charge on any atom is -0.357 e. The molecule has 21 heavy (non-hydrogen) atoms. The van der Waals surface area contributed by atoms with E-state index in [2.05, 4.69) is 55.2 Å². The molecule has 1 aliphatic heterocycles. The van der Waals surface area contributed by atoms with E-state index in [-0.39, 0.29) is 0 Å². The van der Waals surface area contributed by atoms with Gasteiger partial charge in [-0.3, -0.25) is 9.89 Å². The van der Waals surface area contributed by atoms with Gasteiger partial charge in [-0.2, -0.15) is 0 Å². The lowest BCUT2D eigenvalue weighted by atomic mass is 10.0. The summed E-state index contributed by atoms with van der Waals surface area (Å²) in [6.45, 7) is 16.3. The van der Waals surface area contributed by atoms with E-state index in [1.807, 2.05) is 0 Å². The van der Waals surface area contributed by atoms with E-state index in [0.717, 1.165) is 45.1 Å². The van der Waals surface area contributed by atoms with Gasteiger partial charge < -0.3 is 15.5 Å². The number of aliphatic imine (C=N–C) groups is 1. The lowest BCUT2D eigenvalue weighted by molar-refractivity contribution is 0.0925. The van der Waals surface area contributed by atoms with Crippen LogP contribution < -0.4 is 10.6 Å². The second kappa shape index (κ2) is 10.0. The van der Waals surface area contributed by atoms with Gasteiger partial charge in [0.2, 0.25) is 0 Å². The maximum absolute atomic E-state index is 4.81. The first kappa shape index (κ1) is 18.2. The maximum Gasteiger partial charge on any atom is 0.191 e. The summed E-state index contributed by atoms with van der Waals surface area (Å²) < 4.78 is 0. The van der Waals surface area contributed by atoms with Crippen LogP contribution in [-0.2, 0) is 0 Å². The molecule has 0 aliphatic carbocycles.